The van der Waals surface area contributed by atoms with Crippen LogP contribution in [0.25, 0.3) is 9.96 Å². The van der Waals surface area contributed by atoms with Crippen molar-refractivity contribution in [1.29, 1.82) is 0 Å². The average molecular weight is 815 g/mol. The van der Waals surface area contributed by atoms with Crippen molar-refractivity contribution >= 4 is 83.3 Å². The van der Waals surface area contributed by atoms with Gasteiger partial charge < -0.3 is 19.7 Å². The molecule has 0 amide bonds. The van der Waals surface area contributed by atoms with Gasteiger partial charge in [0.15, 0.2) is 0 Å². The molecular weight excluding hydrogens is 745 g/mol. The summed E-state index contributed by atoms with van der Waals surface area (Å²) < 4.78 is 9.76. The molecule has 5 rings (SSSR count). The van der Waals surface area contributed by atoms with Gasteiger partial charge in [-0.3, -0.25) is 4.99 Å². The van der Waals surface area contributed by atoms with E-state index in [1.54, 1.807) is 0 Å². The summed E-state index contributed by atoms with van der Waals surface area (Å²) in [5, 5.41) is 5.31. The van der Waals surface area contributed by atoms with Gasteiger partial charge in [-0.2, -0.15) is 0 Å². The molecular formula is C48H70CaN4OSi2. The number of nitrogens with zero attached hydrogens (tertiary/aromatic N) is 4. The van der Waals surface area contributed by atoms with E-state index < -0.39 is 16.5 Å². The van der Waals surface area contributed by atoms with Crippen molar-refractivity contribution in [3.05, 3.63) is 134 Å². The molecule has 4 aromatic carbocycles. The topological polar surface area (TPSA) is 62.2 Å². The fraction of sp³-hybridized carbons (Fsp3) is 0.458. The quantitative estimate of drug-likeness (QED) is 0.0845. The predicted octanol–water partition coefficient (Wildman–Crippen LogP) is 15.2. The normalized spacial score (nSPS) is 13.4. The third-order valence-corrected chi connectivity index (χ3v) is 14.3. The van der Waals surface area contributed by atoms with E-state index in [0.29, 0.717) is 29.5 Å². The van der Waals surface area contributed by atoms with E-state index in [1.807, 2.05) is 36.5 Å². The fourth-order valence-electron chi connectivity index (χ4n) is 6.61. The Balaban J connectivity index is 0.000000608. The van der Waals surface area contributed by atoms with Crippen molar-refractivity contribution in [2.24, 2.45) is 9.98 Å². The number of aliphatic imine (C=N–C) groups is 2. The Labute approximate surface area is 373 Å². The number of benzene rings is 4. The summed E-state index contributed by atoms with van der Waals surface area (Å²) in [5.74, 6) is 2.16. The number of amidine groups is 1. The molecule has 298 valence electrons. The number of rotatable bonds is 11. The van der Waals surface area contributed by atoms with Crippen molar-refractivity contribution in [3.8, 4) is 0 Å². The zero-order chi connectivity index (χ0) is 40.8. The Morgan fingerprint density at radius 1 is 0.589 bits per heavy atom. The van der Waals surface area contributed by atoms with Gasteiger partial charge in [0.05, 0.1) is 5.69 Å². The van der Waals surface area contributed by atoms with Gasteiger partial charge in [-0.05, 0) is 81.3 Å². The van der Waals surface area contributed by atoms with E-state index in [0.717, 1.165) is 41.4 Å². The minimum atomic E-state index is -1.11. The van der Waals surface area contributed by atoms with Gasteiger partial charge in [0.2, 0.25) is 0 Å². The molecule has 0 spiro atoms. The maximum Gasteiger partial charge on any atom is 2.00 e. The second kappa shape index (κ2) is 23.9. The zero-order valence-electron chi connectivity index (χ0n) is 37.3. The Bertz CT molecular complexity index is 1750. The third-order valence-electron chi connectivity index (χ3n) is 8.93. The van der Waals surface area contributed by atoms with Crippen LogP contribution in [0.2, 0.25) is 39.3 Å². The molecule has 1 heterocycles. The van der Waals surface area contributed by atoms with Gasteiger partial charge in [-0.25, -0.2) is 0 Å². The average Bonchev–Trinajstić information content (AvgIpc) is 3.70. The van der Waals surface area contributed by atoms with Crippen LogP contribution in [0.1, 0.15) is 125 Å². The molecule has 0 radical (unpaired) electrons. The van der Waals surface area contributed by atoms with Crippen molar-refractivity contribution in [1.82, 2.24) is 0 Å². The van der Waals surface area contributed by atoms with Gasteiger partial charge in [0, 0.05) is 19.4 Å². The van der Waals surface area contributed by atoms with Gasteiger partial charge in [0.25, 0.3) is 0 Å². The second-order valence-electron chi connectivity index (χ2n) is 17.7. The molecule has 8 heteroatoms. The van der Waals surface area contributed by atoms with Crippen molar-refractivity contribution in [3.63, 3.8) is 0 Å². The summed E-state index contributed by atoms with van der Waals surface area (Å²) in [7, 11) is -2.21. The summed E-state index contributed by atoms with van der Waals surface area (Å²) in [6.45, 7) is 33.6. The molecule has 0 unspecified atom stereocenters. The van der Waals surface area contributed by atoms with Crippen LogP contribution in [0.5, 0.6) is 0 Å². The van der Waals surface area contributed by atoms with E-state index in [2.05, 4.69) is 155 Å². The minimum absolute atomic E-state index is 0. The first kappa shape index (κ1) is 49.8. The summed E-state index contributed by atoms with van der Waals surface area (Å²) in [6, 6.07) is 31.6. The van der Waals surface area contributed by atoms with E-state index >= 15 is 0 Å². The standard InChI is InChI=1S/C38H44N3.C6H18NSi2.C4H8O.Ca/c1-25(2)31-19-14-20-32(26(3)4)36(31)39-24-30-18-12-13-23-35(30)40-38(29-16-10-9-11-17-29)41-37-33(27(5)6)21-15-22-34(37)28(7)8;1-8(2,3)7-9(4,5)6;1-2-4-5-3-1;/h9-28H,1-8H3;1-6H3;1-4H2;/q2*-1;;+2. The molecule has 4 aromatic rings. The molecule has 0 atom stereocenters. The Morgan fingerprint density at radius 3 is 1.45 bits per heavy atom. The predicted molar refractivity (Wildman–Crippen MR) is 254 cm³/mol. The minimum Gasteiger partial charge on any atom is -0.668 e. The van der Waals surface area contributed by atoms with E-state index in [-0.39, 0.29) is 37.7 Å². The van der Waals surface area contributed by atoms with Crippen molar-refractivity contribution < 1.29 is 4.74 Å². The molecule has 1 saturated heterocycles. The Hall–Kier alpha value is -2.37. The van der Waals surface area contributed by atoms with E-state index in [4.69, 9.17) is 24.7 Å². The first-order chi connectivity index (χ1) is 25.9. The maximum absolute atomic E-state index is 5.31. The van der Waals surface area contributed by atoms with Gasteiger partial charge in [-0.15, -0.1) is 0 Å². The molecule has 5 nitrogen and oxygen atoms in total. The molecule has 1 fully saturated rings. The molecule has 1 aliphatic heterocycles. The van der Waals surface area contributed by atoms with E-state index in [1.165, 1.54) is 35.1 Å². The van der Waals surface area contributed by atoms with Gasteiger partial charge >= 0.3 is 37.7 Å². The number of ether oxygens (including phenoxy) is 1. The van der Waals surface area contributed by atoms with Crippen LogP contribution in [-0.2, 0) is 4.74 Å². The van der Waals surface area contributed by atoms with Crippen molar-refractivity contribution in [2.75, 3.05) is 13.2 Å². The Morgan fingerprint density at radius 2 is 1.04 bits per heavy atom. The smallest absolute Gasteiger partial charge is 0.668 e. The molecule has 1 aliphatic rings. The molecule has 0 aliphatic carbocycles. The van der Waals surface area contributed by atoms with Gasteiger partial charge in [0.1, 0.15) is 0 Å². The number of para-hydroxylation sites is 3. The van der Waals surface area contributed by atoms with Crippen LogP contribution in [0.4, 0.5) is 17.1 Å². The summed E-state index contributed by atoms with van der Waals surface area (Å²) in [6.07, 6.45) is 4.52. The van der Waals surface area contributed by atoms with Crippen LogP contribution >= 0.6 is 0 Å². The van der Waals surface area contributed by atoms with E-state index in [9.17, 15) is 0 Å². The van der Waals surface area contributed by atoms with Crippen LogP contribution in [0.3, 0.4) is 0 Å². The molecule has 0 aromatic heterocycles. The van der Waals surface area contributed by atoms with Crippen molar-refractivity contribution in [2.45, 2.75) is 131 Å². The summed E-state index contributed by atoms with van der Waals surface area (Å²) in [4.78, 5) is 10.3. The van der Waals surface area contributed by atoms with Crippen LogP contribution in [0, 0.1) is 0 Å². The first-order valence-corrected chi connectivity index (χ1v) is 27.3. The summed E-state index contributed by atoms with van der Waals surface area (Å²) in [5.41, 5.74) is 9.89. The third kappa shape index (κ3) is 16.9. The van der Waals surface area contributed by atoms with Gasteiger partial charge in [-0.1, -0.05) is 208 Å². The molecule has 0 N–H and O–H groups in total. The molecule has 0 bridgehead atoms. The number of hydrogen-bond donors (Lipinski definition) is 0. The second-order valence-corrected chi connectivity index (χ2v) is 27.3. The monoisotopic (exact) mass is 814 g/mol. The zero-order valence-corrected chi connectivity index (χ0v) is 41.5. The van der Waals surface area contributed by atoms with Crippen LogP contribution in [0.15, 0.2) is 101 Å². The first-order valence-electron chi connectivity index (χ1n) is 20.4. The molecule has 56 heavy (non-hydrogen) atoms. The van der Waals surface area contributed by atoms with Crippen LogP contribution < -0.4 is 0 Å². The molecule has 0 saturated carbocycles. The Kier molecular flexibility index (Phi) is 21.2. The SMILES string of the molecule is C1CCOC1.CC(C)c1cccc(C(C)C)c1N=Cc1ccccc1N=C([N-]c1c(C(C)C)cccc1C(C)C)c1ccccc1.C[Si](C)(C)[N-][Si](C)(C)C.[Ca+2]. The summed E-state index contributed by atoms with van der Waals surface area (Å²) >= 11 is 0. The fourth-order valence-corrected chi connectivity index (χ4v) is 14.7. The van der Waals surface area contributed by atoms with Crippen LogP contribution in [-0.4, -0.2) is 79.5 Å². The maximum atomic E-state index is 5.31. The number of hydrogen-bond acceptors (Lipinski definition) is 3. The largest absolute Gasteiger partial charge is 2.00 e.